The van der Waals surface area contributed by atoms with Gasteiger partial charge in [0.25, 0.3) is 5.91 Å². The summed E-state index contributed by atoms with van der Waals surface area (Å²) >= 11 is 3.47. The van der Waals surface area contributed by atoms with Crippen LogP contribution in [-0.4, -0.2) is 57.5 Å². The minimum atomic E-state index is 0.128. The van der Waals surface area contributed by atoms with Crippen molar-refractivity contribution in [3.8, 4) is 0 Å². The number of likely N-dealkylation sites (tertiary alicyclic amines) is 1. The summed E-state index contributed by atoms with van der Waals surface area (Å²) in [6.07, 6.45) is 5.80. The highest BCUT2D eigenvalue weighted by atomic mass is 79.9. The molecule has 2 aliphatic rings. The van der Waals surface area contributed by atoms with Gasteiger partial charge < -0.3 is 9.80 Å². The normalized spacial score (nSPS) is 25.7. The molecule has 5 nitrogen and oxygen atoms in total. The molecule has 0 spiro atoms. The summed E-state index contributed by atoms with van der Waals surface area (Å²) in [4.78, 5) is 17.4. The van der Waals surface area contributed by atoms with Crippen molar-refractivity contribution in [1.82, 2.24) is 19.4 Å². The number of rotatable bonds is 1. The van der Waals surface area contributed by atoms with Crippen molar-refractivity contribution in [2.24, 2.45) is 0 Å². The van der Waals surface area contributed by atoms with Crippen LogP contribution >= 0.6 is 15.9 Å². The fourth-order valence-corrected chi connectivity index (χ4v) is 4.04. The minimum absolute atomic E-state index is 0.128. The largest absolute Gasteiger partial charge is 0.330 e. The third-order valence-corrected chi connectivity index (χ3v) is 5.11. The van der Waals surface area contributed by atoms with E-state index in [-0.39, 0.29) is 5.91 Å². The number of hydrogen-bond donors (Lipinski definition) is 0. The van der Waals surface area contributed by atoms with Gasteiger partial charge in [-0.1, -0.05) is 15.9 Å². The Hall–Kier alpha value is -1.40. The number of pyridine rings is 1. The molecule has 2 aliphatic heterocycles. The van der Waals surface area contributed by atoms with E-state index in [2.05, 4.69) is 37.9 Å². The first-order valence-corrected chi connectivity index (χ1v) is 8.07. The Bertz CT molecular complexity index is 699. The number of nitrogens with zero attached hydrogens (tertiary/aromatic N) is 4. The molecule has 110 valence electrons. The van der Waals surface area contributed by atoms with Crippen molar-refractivity contribution in [2.45, 2.75) is 24.9 Å². The van der Waals surface area contributed by atoms with Crippen LogP contribution in [-0.2, 0) is 0 Å². The van der Waals surface area contributed by atoms with Gasteiger partial charge in [0.2, 0.25) is 0 Å². The lowest BCUT2D eigenvalue weighted by Crippen LogP contribution is -2.54. The molecule has 2 atom stereocenters. The molecular formula is C15H17BrN4O. The van der Waals surface area contributed by atoms with Gasteiger partial charge in [-0.05, 0) is 32.0 Å². The first kappa shape index (κ1) is 13.3. The Morgan fingerprint density at radius 3 is 2.76 bits per heavy atom. The second kappa shape index (κ2) is 4.81. The van der Waals surface area contributed by atoms with Gasteiger partial charge in [-0.2, -0.15) is 5.10 Å². The molecule has 0 aromatic carbocycles. The van der Waals surface area contributed by atoms with Crippen LogP contribution in [0.15, 0.2) is 29.0 Å². The van der Waals surface area contributed by atoms with Crippen molar-refractivity contribution < 1.29 is 4.79 Å². The number of piperazine rings is 1. The monoisotopic (exact) mass is 348 g/mol. The van der Waals surface area contributed by atoms with Crippen LogP contribution in [0.4, 0.5) is 0 Å². The fraction of sp³-hybridized carbons (Fsp3) is 0.467. The number of fused-ring (bicyclic) bond motifs is 3. The minimum Gasteiger partial charge on any atom is -0.330 e. The zero-order chi connectivity index (χ0) is 14.6. The lowest BCUT2D eigenvalue weighted by molar-refractivity contribution is 0.0474. The zero-order valence-corrected chi connectivity index (χ0v) is 13.5. The average molecular weight is 349 g/mol. The number of aromatic nitrogens is 2. The molecule has 6 heteroatoms. The van der Waals surface area contributed by atoms with E-state index in [1.165, 1.54) is 0 Å². The maximum Gasteiger partial charge on any atom is 0.258 e. The van der Waals surface area contributed by atoms with E-state index in [1.54, 1.807) is 10.7 Å². The standard InChI is InChI=1S/C15H17BrN4O/c1-18-8-11-2-3-12(9-18)20(11)15(21)13-7-17-19-5-4-10(16)6-14(13)19/h4-7,11-12H,2-3,8-9H2,1H3. The Balaban J connectivity index is 1.72. The molecule has 2 fully saturated rings. The lowest BCUT2D eigenvalue weighted by atomic mass is 10.1. The molecule has 2 unspecified atom stereocenters. The molecule has 4 rings (SSSR count). The molecule has 0 radical (unpaired) electrons. The van der Waals surface area contributed by atoms with Crippen LogP contribution in [0.25, 0.3) is 5.52 Å². The predicted molar refractivity (Wildman–Crippen MR) is 83.4 cm³/mol. The maximum absolute atomic E-state index is 13.0. The Labute approximate surface area is 131 Å². The maximum atomic E-state index is 13.0. The van der Waals surface area contributed by atoms with Gasteiger partial charge in [-0.3, -0.25) is 4.79 Å². The van der Waals surface area contributed by atoms with Gasteiger partial charge in [0, 0.05) is 35.8 Å². The number of carbonyl (C=O) groups is 1. The average Bonchev–Trinajstić information content (AvgIpc) is 2.97. The Kier molecular flexibility index (Phi) is 3.04. The van der Waals surface area contributed by atoms with Crippen molar-refractivity contribution in [3.63, 3.8) is 0 Å². The predicted octanol–water partition coefficient (Wildman–Crippen LogP) is 2.02. The summed E-state index contributed by atoms with van der Waals surface area (Å²) in [7, 11) is 2.14. The number of carbonyl (C=O) groups excluding carboxylic acids is 1. The van der Waals surface area contributed by atoms with Gasteiger partial charge in [0.1, 0.15) is 0 Å². The third kappa shape index (κ3) is 2.08. The smallest absolute Gasteiger partial charge is 0.258 e. The fourth-order valence-electron chi connectivity index (χ4n) is 3.70. The van der Waals surface area contributed by atoms with E-state index in [0.29, 0.717) is 17.6 Å². The molecule has 2 saturated heterocycles. The summed E-state index contributed by atoms with van der Waals surface area (Å²) in [6.45, 7) is 1.95. The van der Waals surface area contributed by atoms with Gasteiger partial charge in [0.05, 0.1) is 17.3 Å². The van der Waals surface area contributed by atoms with Crippen molar-refractivity contribution in [1.29, 1.82) is 0 Å². The molecule has 0 aliphatic carbocycles. The molecule has 21 heavy (non-hydrogen) atoms. The quantitative estimate of drug-likeness (QED) is 0.791. The second-order valence-electron chi connectivity index (χ2n) is 6.05. The summed E-state index contributed by atoms with van der Waals surface area (Å²) in [5.74, 6) is 0.128. The zero-order valence-electron chi connectivity index (χ0n) is 11.9. The summed E-state index contributed by atoms with van der Waals surface area (Å²) in [5.41, 5.74) is 1.57. The highest BCUT2D eigenvalue weighted by Crippen LogP contribution is 2.31. The SMILES string of the molecule is CN1CC2CCC(C1)N2C(=O)c1cnn2ccc(Br)cc12. The van der Waals surface area contributed by atoms with E-state index < -0.39 is 0 Å². The van der Waals surface area contributed by atoms with E-state index in [1.807, 2.05) is 18.3 Å². The van der Waals surface area contributed by atoms with Gasteiger partial charge in [-0.25, -0.2) is 4.52 Å². The number of amides is 1. The second-order valence-corrected chi connectivity index (χ2v) is 6.97. The molecule has 0 saturated carbocycles. The van der Waals surface area contributed by atoms with Gasteiger partial charge in [-0.15, -0.1) is 0 Å². The van der Waals surface area contributed by atoms with Crippen LogP contribution in [0.5, 0.6) is 0 Å². The first-order chi connectivity index (χ1) is 10.1. The van der Waals surface area contributed by atoms with E-state index in [4.69, 9.17) is 0 Å². The van der Waals surface area contributed by atoms with Crippen LogP contribution in [0, 0.1) is 0 Å². The van der Waals surface area contributed by atoms with Crippen molar-refractivity contribution in [2.75, 3.05) is 20.1 Å². The molecular weight excluding hydrogens is 332 g/mol. The van der Waals surface area contributed by atoms with Crippen LogP contribution in [0.2, 0.25) is 0 Å². The molecule has 2 aromatic heterocycles. The lowest BCUT2D eigenvalue weighted by Gasteiger charge is -2.39. The number of likely N-dealkylation sites (N-methyl/N-ethyl adjacent to an activating group) is 1. The van der Waals surface area contributed by atoms with E-state index in [9.17, 15) is 4.79 Å². The molecule has 1 amide bonds. The van der Waals surface area contributed by atoms with E-state index >= 15 is 0 Å². The Morgan fingerprint density at radius 2 is 2.05 bits per heavy atom. The summed E-state index contributed by atoms with van der Waals surface area (Å²) in [5, 5.41) is 4.30. The topological polar surface area (TPSA) is 40.8 Å². The summed E-state index contributed by atoms with van der Waals surface area (Å²) < 4.78 is 2.72. The molecule has 4 heterocycles. The number of hydrogen-bond acceptors (Lipinski definition) is 3. The van der Waals surface area contributed by atoms with Crippen LogP contribution < -0.4 is 0 Å². The molecule has 0 N–H and O–H groups in total. The van der Waals surface area contributed by atoms with E-state index in [0.717, 1.165) is 35.9 Å². The Morgan fingerprint density at radius 1 is 1.33 bits per heavy atom. The van der Waals surface area contributed by atoms with Crippen molar-refractivity contribution in [3.05, 3.63) is 34.6 Å². The highest BCUT2D eigenvalue weighted by molar-refractivity contribution is 9.10. The molecule has 2 bridgehead atoms. The van der Waals surface area contributed by atoms with Crippen molar-refractivity contribution >= 4 is 27.4 Å². The van der Waals surface area contributed by atoms with Gasteiger partial charge >= 0.3 is 0 Å². The summed E-state index contributed by atoms with van der Waals surface area (Å²) in [6, 6.07) is 4.58. The third-order valence-electron chi connectivity index (χ3n) is 4.61. The molecule has 2 aromatic rings. The number of halogens is 1. The highest BCUT2D eigenvalue weighted by Gasteiger charge is 2.42. The van der Waals surface area contributed by atoms with Crippen LogP contribution in [0.1, 0.15) is 23.2 Å². The van der Waals surface area contributed by atoms with Crippen LogP contribution in [0.3, 0.4) is 0 Å². The first-order valence-electron chi connectivity index (χ1n) is 7.27. The van der Waals surface area contributed by atoms with Gasteiger partial charge in [0.15, 0.2) is 0 Å².